The lowest BCUT2D eigenvalue weighted by atomic mass is 9.72. The lowest BCUT2D eigenvalue weighted by molar-refractivity contribution is -0.137. The summed E-state index contributed by atoms with van der Waals surface area (Å²) in [7, 11) is 0. The average molecular weight is 532 g/mol. The second kappa shape index (κ2) is 11.0. The molecule has 0 bridgehead atoms. The van der Waals surface area contributed by atoms with Gasteiger partial charge in [-0.15, -0.1) is 0 Å². The highest BCUT2D eigenvalue weighted by Crippen LogP contribution is 2.39. The Hall–Kier alpha value is -2.97. The van der Waals surface area contributed by atoms with Crippen molar-refractivity contribution in [3.8, 4) is 0 Å². The van der Waals surface area contributed by atoms with E-state index in [2.05, 4.69) is 23.7 Å². The number of anilines is 1. The zero-order valence-electron chi connectivity index (χ0n) is 19.6. The van der Waals surface area contributed by atoms with Gasteiger partial charge in [-0.2, -0.15) is 30.0 Å². The summed E-state index contributed by atoms with van der Waals surface area (Å²) in [6.45, 7) is 0.460. The molecular weight excluding hydrogens is 507 g/mol. The van der Waals surface area contributed by atoms with E-state index >= 15 is 0 Å². The number of alkyl halides is 3. The summed E-state index contributed by atoms with van der Waals surface area (Å²) in [6.07, 6.45) is -1.55. The van der Waals surface area contributed by atoms with Crippen LogP contribution in [0.2, 0.25) is 5.02 Å². The Morgan fingerprint density at radius 2 is 1.72 bits per heavy atom. The van der Waals surface area contributed by atoms with Crippen molar-refractivity contribution in [1.82, 2.24) is 5.01 Å². The summed E-state index contributed by atoms with van der Waals surface area (Å²) in [4.78, 5) is 12.8. The van der Waals surface area contributed by atoms with E-state index in [1.165, 1.54) is 12.1 Å². The molecule has 1 aliphatic heterocycles. The highest BCUT2D eigenvalue weighted by atomic mass is 35.5. The van der Waals surface area contributed by atoms with Crippen LogP contribution in [0, 0.1) is 0 Å². The van der Waals surface area contributed by atoms with Crippen molar-refractivity contribution in [3.05, 3.63) is 101 Å². The molecule has 0 fully saturated rings. The fourth-order valence-electron chi connectivity index (χ4n) is 4.40. The number of carbonyl (C=O) groups is 1. The van der Waals surface area contributed by atoms with Crippen molar-refractivity contribution in [2.45, 2.75) is 18.0 Å². The van der Waals surface area contributed by atoms with E-state index in [1.807, 2.05) is 42.5 Å². The summed E-state index contributed by atoms with van der Waals surface area (Å²) in [5.74, 6) is 0.537. The van der Waals surface area contributed by atoms with E-state index in [0.717, 1.165) is 41.1 Å². The minimum Gasteiger partial charge on any atom is -0.324 e. The predicted molar refractivity (Wildman–Crippen MR) is 141 cm³/mol. The molecule has 0 saturated carbocycles. The van der Waals surface area contributed by atoms with Crippen molar-refractivity contribution in [2.75, 3.05) is 30.4 Å². The maximum atomic E-state index is 12.8. The number of nitrogens with zero attached hydrogens (tertiary/aromatic N) is 2. The van der Waals surface area contributed by atoms with Gasteiger partial charge in [-0.05, 0) is 66.0 Å². The maximum Gasteiger partial charge on any atom is 0.416 e. The summed E-state index contributed by atoms with van der Waals surface area (Å²) in [5, 5.41) is 9.93. The van der Waals surface area contributed by atoms with Crippen LogP contribution >= 0.6 is 23.4 Å². The molecule has 3 aromatic carbocycles. The first-order chi connectivity index (χ1) is 17.2. The Morgan fingerprint density at radius 3 is 2.33 bits per heavy atom. The summed E-state index contributed by atoms with van der Waals surface area (Å²) in [5.41, 5.74) is 1.99. The number of thioether (sulfide) groups is 1. The predicted octanol–water partition coefficient (Wildman–Crippen LogP) is 6.71. The van der Waals surface area contributed by atoms with Crippen LogP contribution in [0.1, 0.15) is 23.1 Å². The normalized spacial score (nSPS) is 17.7. The molecule has 4 nitrogen and oxygen atoms in total. The number of hydrazone groups is 1. The number of hydrogen-bond acceptors (Lipinski definition) is 4. The molecule has 1 unspecified atom stereocenters. The largest absolute Gasteiger partial charge is 0.416 e. The molecule has 0 aliphatic carbocycles. The van der Waals surface area contributed by atoms with Crippen LogP contribution in [0.25, 0.3) is 0 Å². The molecule has 1 N–H and O–H groups in total. The van der Waals surface area contributed by atoms with Gasteiger partial charge < -0.3 is 5.32 Å². The minimum atomic E-state index is -4.43. The van der Waals surface area contributed by atoms with Crippen molar-refractivity contribution in [2.24, 2.45) is 5.10 Å². The van der Waals surface area contributed by atoms with Crippen LogP contribution in [0.3, 0.4) is 0 Å². The van der Waals surface area contributed by atoms with Gasteiger partial charge in [0.2, 0.25) is 5.91 Å². The lowest BCUT2D eigenvalue weighted by Gasteiger charge is -2.32. The van der Waals surface area contributed by atoms with Crippen molar-refractivity contribution in [1.29, 1.82) is 0 Å². The molecule has 0 aromatic heterocycles. The van der Waals surface area contributed by atoms with Crippen molar-refractivity contribution >= 4 is 40.7 Å². The standard InChI is InChI=1S/C27H25ClF3N3OS/c1-36-16-15-26(20-5-3-2-4-6-20)18-34(33-25(26)19-7-11-22(28)12-8-19)17-24(35)32-23-13-9-21(10-14-23)27(29,30)31/h2-14H,15-18H2,1H3,(H,32,35). The molecule has 1 amide bonds. The topological polar surface area (TPSA) is 44.7 Å². The van der Waals surface area contributed by atoms with Gasteiger partial charge in [0.25, 0.3) is 0 Å². The van der Waals surface area contributed by atoms with Crippen LogP contribution in [0.15, 0.2) is 84.0 Å². The highest BCUT2D eigenvalue weighted by Gasteiger charge is 2.44. The fourth-order valence-corrected chi connectivity index (χ4v) is 5.08. The van der Waals surface area contributed by atoms with Gasteiger partial charge in [-0.3, -0.25) is 9.80 Å². The number of rotatable bonds is 8. The van der Waals surface area contributed by atoms with E-state index in [1.54, 1.807) is 16.8 Å². The van der Waals surface area contributed by atoms with Crippen LogP contribution in [0.5, 0.6) is 0 Å². The fraction of sp³-hybridized carbons (Fsp3) is 0.259. The number of hydrogen-bond donors (Lipinski definition) is 1. The number of halogens is 4. The van der Waals surface area contributed by atoms with E-state index in [-0.39, 0.29) is 12.5 Å². The molecular formula is C27H25ClF3N3OS. The first-order valence-corrected chi connectivity index (χ1v) is 13.1. The monoisotopic (exact) mass is 531 g/mol. The molecule has 1 heterocycles. The number of carbonyl (C=O) groups excluding carboxylic acids is 1. The minimum absolute atomic E-state index is 0.0358. The number of benzene rings is 3. The van der Waals surface area contributed by atoms with Crippen LogP contribution in [-0.4, -0.2) is 41.7 Å². The smallest absolute Gasteiger partial charge is 0.324 e. The zero-order valence-corrected chi connectivity index (χ0v) is 21.1. The van der Waals surface area contributed by atoms with Crippen LogP contribution in [0.4, 0.5) is 18.9 Å². The van der Waals surface area contributed by atoms with Gasteiger partial charge in [0, 0.05) is 10.7 Å². The summed E-state index contributed by atoms with van der Waals surface area (Å²) >= 11 is 7.88. The summed E-state index contributed by atoms with van der Waals surface area (Å²) in [6, 6.07) is 22.0. The Kier molecular flexibility index (Phi) is 7.95. The van der Waals surface area contributed by atoms with Crippen molar-refractivity contribution in [3.63, 3.8) is 0 Å². The van der Waals surface area contributed by atoms with Gasteiger partial charge in [0.15, 0.2) is 0 Å². The SMILES string of the molecule is CSCCC1(c2ccccc2)CN(CC(=O)Nc2ccc(C(F)(F)F)cc2)N=C1c1ccc(Cl)cc1. The first kappa shape index (κ1) is 26.1. The number of nitrogens with one attached hydrogen (secondary N) is 1. The molecule has 4 rings (SSSR count). The molecule has 36 heavy (non-hydrogen) atoms. The van der Waals surface area contributed by atoms with Crippen molar-refractivity contribution < 1.29 is 18.0 Å². The second-order valence-corrected chi connectivity index (χ2v) is 10.0. The van der Waals surface area contributed by atoms with E-state index in [9.17, 15) is 18.0 Å². The first-order valence-electron chi connectivity index (χ1n) is 11.3. The van der Waals surface area contributed by atoms with E-state index < -0.39 is 17.2 Å². The lowest BCUT2D eigenvalue weighted by Crippen LogP contribution is -2.41. The van der Waals surface area contributed by atoms with Crippen LogP contribution < -0.4 is 5.32 Å². The molecule has 3 aromatic rings. The summed E-state index contributed by atoms with van der Waals surface area (Å²) < 4.78 is 38.5. The number of amides is 1. The Bertz CT molecular complexity index is 1220. The van der Waals surface area contributed by atoms with E-state index in [0.29, 0.717) is 17.3 Å². The van der Waals surface area contributed by atoms with Gasteiger partial charge in [-0.1, -0.05) is 54.1 Å². The zero-order chi connectivity index (χ0) is 25.8. The molecule has 1 aliphatic rings. The van der Waals surface area contributed by atoms with Gasteiger partial charge in [-0.25, -0.2) is 0 Å². The Balaban J connectivity index is 1.60. The molecule has 9 heteroatoms. The molecule has 0 saturated heterocycles. The molecule has 0 radical (unpaired) electrons. The average Bonchev–Trinajstić information content (AvgIpc) is 3.22. The quantitative estimate of drug-likeness (QED) is 0.351. The highest BCUT2D eigenvalue weighted by molar-refractivity contribution is 7.98. The third kappa shape index (κ3) is 5.87. The third-order valence-corrected chi connectivity index (χ3v) is 7.01. The van der Waals surface area contributed by atoms with Gasteiger partial charge >= 0.3 is 6.18 Å². The Labute approximate surface area is 217 Å². The Morgan fingerprint density at radius 1 is 1.06 bits per heavy atom. The maximum absolute atomic E-state index is 12.8. The van der Waals surface area contributed by atoms with Gasteiger partial charge in [0.1, 0.15) is 6.54 Å². The second-order valence-electron chi connectivity index (χ2n) is 8.59. The van der Waals surface area contributed by atoms with Gasteiger partial charge in [0.05, 0.1) is 23.2 Å². The molecule has 188 valence electrons. The van der Waals surface area contributed by atoms with Crippen LogP contribution in [-0.2, 0) is 16.4 Å². The molecule has 1 atom stereocenters. The van der Waals surface area contributed by atoms with E-state index in [4.69, 9.17) is 16.7 Å². The molecule has 0 spiro atoms. The third-order valence-electron chi connectivity index (χ3n) is 6.15.